The summed E-state index contributed by atoms with van der Waals surface area (Å²) in [5.74, 6) is 0.0579. The fraction of sp³-hybridized carbons (Fsp3) is 0.533. The molecular weight excluding hydrogens is 304 g/mol. The second kappa shape index (κ2) is 5.53. The average Bonchev–Trinajstić information content (AvgIpc) is 2.86. The smallest absolute Gasteiger partial charge is 0.256 e. The van der Waals surface area contributed by atoms with Crippen molar-refractivity contribution in [3.05, 3.63) is 28.2 Å². The molecule has 1 heterocycles. The van der Waals surface area contributed by atoms with Crippen molar-refractivity contribution in [1.29, 1.82) is 0 Å². The number of halogens is 1. The highest BCUT2D eigenvalue weighted by atomic mass is 79.9. The van der Waals surface area contributed by atoms with Gasteiger partial charge in [-0.1, -0.05) is 29.8 Å². The Morgan fingerprint density at radius 3 is 2.68 bits per heavy atom. The minimum atomic E-state index is 0.0579. The van der Waals surface area contributed by atoms with E-state index in [-0.39, 0.29) is 5.91 Å². The minimum Gasteiger partial charge on any atom is -0.398 e. The zero-order valence-electron chi connectivity index (χ0n) is 11.6. The molecule has 3 nitrogen and oxygen atoms in total. The van der Waals surface area contributed by atoms with E-state index >= 15 is 0 Å². The van der Waals surface area contributed by atoms with Crippen molar-refractivity contribution in [3.8, 4) is 0 Å². The van der Waals surface area contributed by atoms with Crippen molar-refractivity contribution in [2.24, 2.45) is 5.41 Å². The van der Waals surface area contributed by atoms with Crippen LogP contribution < -0.4 is 5.73 Å². The fourth-order valence-electron chi connectivity index (χ4n) is 2.82. The number of rotatable bonds is 3. The number of nitrogen functional groups attached to an aromatic ring is 1. The van der Waals surface area contributed by atoms with Crippen molar-refractivity contribution < 1.29 is 4.79 Å². The average molecular weight is 325 g/mol. The Labute approximate surface area is 123 Å². The van der Waals surface area contributed by atoms with Crippen LogP contribution >= 0.6 is 15.9 Å². The molecule has 1 aromatic rings. The topological polar surface area (TPSA) is 46.3 Å². The van der Waals surface area contributed by atoms with Crippen molar-refractivity contribution in [2.75, 3.05) is 18.8 Å². The lowest BCUT2D eigenvalue weighted by atomic mass is 9.82. The number of nitrogens with zero attached hydrogens (tertiary/aromatic N) is 1. The summed E-state index contributed by atoms with van der Waals surface area (Å²) >= 11 is 3.40. The van der Waals surface area contributed by atoms with E-state index in [0.29, 0.717) is 16.7 Å². The van der Waals surface area contributed by atoms with Gasteiger partial charge < -0.3 is 10.6 Å². The molecule has 0 aromatic heterocycles. The SMILES string of the molecule is CCC1(CC)CCN(C(=O)c2cc(Br)ccc2N)C1. The van der Waals surface area contributed by atoms with Gasteiger partial charge >= 0.3 is 0 Å². The summed E-state index contributed by atoms with van der Waals surface area (Å²) in [4.78, 5) is 14.5. The first kappa shape index (κ1) is 14.4. The molecule has 0 atom stereocenters. The third-order valence-corrected chi connectivity index (χ3v) is 4.96. The Hall–Kier alpha value is -1.03. The predicted octanol–water partition coefficient (Wildman–Crippen LogP) is 3.68. The molecule has 0 aliphatic carbocycles. The van der Waals surface area contributed by atoms with Crippen LogP contribution in [-0.4, -0.2) is 23.9 Å². The van der Waals surface area contributed by atoms with E-state index in [1.807, 2.05) is 17.0 Å². The van der Waals surface area contributed by atoms with Crippen molar-refractivity contribution in [2.45, 2.75) is 33.1 Å². The molecule has 1 aliphatic rings. The van der Waals surface area contributed by atoms with E-state index in [9.17, 15) is 4.79 Å². The highest BCUT2D eigenvalue weighted by Crippen LogP contribution is 2.37. The minimum absolute atomic E-state index is 0.0579. The normalized spacial score (nSPS) is 17.7. The summed E-state index contributed by atoms with van der Waals surface area (Å²) in [6.07, 6.45) is 3.35. The quantitative estimate of drug-likeness (QED) is 0.862. The Balaban J connectivity index is 2.20. The maximum atomic E-state index is 12.6. The number of carbonyl (C=O) groups excluding carboxylic acids is 1. The zero-order valence-corrected chi connectivity index (χ0v) is 13.2. The van der Waals surface area contributed by atoms with Gasteiger partial charge in [0.1, 0.15) is 0 Å². The Bertz CT molecular complexity index is 483. The van der Waals surface area contributed by atoms with Gasteiger partial charge in [-0.15, -0.1) is 0 Å². The molecule has 1 aliphatic heterocycles. The van der Waals surface area contributed by atoms with E-state index in [1.54, 1.807) is 6.07 Å². The fourth-order valence-corrected chi connectivity index (χ4v) is 3.18. The van der Waals surface area contributed by atoms with Crippen LogP contribution in [0.15, 0.2) is 22.7 Å². The van der Waals surface area contributed by atoms with Gasteiger partial charge in [0.2, 0.25) is 0 Å². The lowest BCUT2D eigenvalue weighted by molar-refractivity contribution is 0.0771. The Morgan fingerprint density at radius 2 is 2.11 bits per heavy atom. The molecule has 0 bridgehead atoms. The summed E-state index contributed by atoms with van der Waals surface area (Å²) in [5, 5.41) is 0. The third-order valence-electron chi connectivity index (χ3n) is 4.47. The van der Waals surface area contributed by atoms with Gasteiger partial charge in [-0.2, -0.15) is 0 Å². The molecule has 2 rings (SSSR count). The number of hydrogen-bond acceptors (Lipinski definition) is 2. The monoisotopic (exact) mass is 324 g/mol. The van der Waals surface area contributed by atoms with Crippen LogP contribution in [0.4, 0.5) is 5.69 Å². The molecule has 104 valence electrons. The van der Waals surface area contributed by atoms with Crippen LogP contribution in [0.5, 0.6) is 0 Å². The van der Waals surface area contributed by atoms with E-state index in [1.165, 1.54) is 0 Å². The van der Waals surface area contributed by atoms with Gasteiger partial charge in [0.15, 0.2) is 0 Å². The van der Waals surface area contributed by atoms with Crippen LogP contribution in [0.3, 0.4) is 0 Å². The number of nitrogens with two attached hydrogens (primary N) is 1. The van der Waals surface area contributed by atoms with Gasteiger partial charge in [0.05, 0.1) is 5.56 Å². The molecule has 4 heteroatoms. The van der Waals surface area contributed by atoms with Gasteiger partial charge in [0, 0.05) is 23.2 Å². The van der Waals surface area contributed by atoms with E-state index < -0.39 is 0 Å². The molecule has 0 unspecified atom stereocenters. The maximum Gasteiger partial charge on any atom is 0.256 e. The predicted molar refractivity (Wildman–Crippen MR) is 82.1 cm³/mol. The number of hydrogen-bond donors (Lipinski definition) is 1. The van der Waals surface area contributed by atoms with Crippen molar-refractivity contribution in [3.63, 3.8) is 0 Å². The van der Waals surface area contributed by atoms with Crippen LogP contribution in [0.25, 0.3) is 0 Å². The number of benzene rings is 1. The Kier molecular flexibility index (Phi) is 4.19. The number of likely N-dealkylation sites (tertiary alicyclic amines) is 1. The van der Waals surface area contributed by atoms with E-state index in [2.05, 4.69) is 29.8 Å². The van der Waals surface area contributed by atoms with Crippen LogP contribution in [0.1, 0.15) is 43.5 Å². The summed E-state index contributed by atoms with van der Waals surface area (Å²) < 4.78 is 0.890. The molecule has 1 saturated heterocycles. The highest BCUT2D eigenvalue weighted by Gasteiger charge is 2.37. The number of anilines is 1. The summed E-state index contributed by atoms with van der Waals surface area (Å²) in [6, 6.07) is 5.45. The van der Waals surface area contributed by atoms with E-state index in [4.69, 9.17) is 5.73 Å². The van der Waals surface area contributed by atoms with Crippen LogP contribution in [-0.2, 0) is 0 Å². The standard InChI is InChI=1S/C15H21BrN2O/c1-3-15(4-2)7-8-18(10-15)14(19)12-9-11(16)5-6-13(12)17/h5-6,9H,3-4,7-8,10,17H2,1-2H3. The summed E-state index contributed by atoms with van der Waals surface area (Å²) in [5.41, 5.74) is 7.39. The lowest BCUT2D eigenvalue weighted by Gasteiger charge is -2.26. The van der Waals surface area contributed by atoms with Gasteiger partial charge in [-0.05, 0) is 42.9 Å². The van der Waals surface area contributed by atoms with Gasteiger partial charge in [-0.3, -0.25) is 4.79 Å². The highest BCUT2D eigenvalue weighted by molar-refractivity contribution is 9.10. The molecule has 2 N–H and O–H groups in total. The summed E-state index contributed by atoms with van der Waals surface area (Å²) in [7, 11) is 0. The third kappa shape index (κ3) is 2.78. The maximum absolute atomic E-state index is 12.6. The lowest BCUT2D eigenvalue weighted by Crippen LogP contribution is -2.32. The molecular formula is C15H21BrN2O. The first-order chi connectivity index (χ1) is 9.01. The Morgan fingerprint density at radius 1 is 1.42 bits per heavy atom. The summed E-state index contributed by atoms with van der Waals surface area (Å²) in [6.45, 7) is 6.12. The number of carbonyl (C=O) groups is 1. The van der Waals surface area contributed by atoms with E-state index in [0.717, 1.165) is 36.8 Å². The number of amides is 1. The molecule has 19 heavy (non-hydrogen) atoms. The van der Waals surface area contributed by atoms with Crippen molar-refractivity contribution >= 4 is 27.5 Å². The molecule has 1 fully saturated rings. The molecule has 0 saturated carbocycles. The van der Waals surface area contributed by atoms with Crippen molar-refractivity contribution in [1.82, 2.24) is 4.90 Å². The molecule has 0 spiro atoms. The second-order valence-corrected chi connectivity index (χ2v) is 6.33. The largest absolute Gasteiger partial charge is 0.398 e. The second-order valence-electron chi connectivity index (χ2n) is 5.42. The molecule has 0 radical (unpaired) electrons. The molecule has 1 amide bonds. The zero-order chi connectivity index (χ0) is 14.0. The van der Waals surface area contributed by atoms with Crippen LogP contribution in [0, 0.1) is 5.41 Å². The first-order valence-electron chi connectivity index (χ1n) is 6.85. The van der Waals surface area contributed by atoms with Gasteiger partial charge in [-0.25, -0.2) is 0 Å². The first-order valence-corrected chi connectivity index (χ1v) is 7.65. The van der Waals surface area contributed by atoms with Gasteiger partial charge in [0.25, 0.3) is 5.91 Å². The van der Waals surface area contributed by atoms with Crippen LogP contribution in [0.2, 0.25) is 0 Å². The molecule has 1 aromatic carbocycles.